The molecule has 1 heterocycles. The number of amides is 2. The van der Waals surface area contributed by atoms with Crippen molar-refractivity contribution in [1.29, 1.82) is 5.26 Å². The minimum Gasteiger partial charge on any atom is -0.331 e. The van der Waals surface area contributed by atoms with Crippen LogP contribution in [0.1, 0.15) is 40.9 Å². The van der Waals surface area contributed by atoms with Crippen LogP contribution < -0.4 is 5.32 Å². The first kappa shape index (κ1) is 17.0. The van der Waals surface area contributed by atoms with Crippen molar-refractivity contribution in [3.05, 3.63) is 51.5 Å². The maximum absolute atomic E-state index is 12.3. The Morgan fingerprint density at radius 2 is 2.13 bits per heavy atom. The minimum absolute atomic E-state index is 0.125. The molecule has 1 aromatic carbocycles. The standard InChI is InChI=1S/C17H20N4OS/c1-4-15-10-19-16(23-15)11-21(3)17(22)20-12(2)14-7-5-13(9-18)6-8-14/h5-8,10,12H,4,11H2,1-3H3,(H,20,22)/t12-/m1/s1. The van der Waals surface area contributed by atoms with E-state index < -0.39 is 0 Å². The van der Waals surface area contributed by atoms with Crippen LogP contribution in [0.4, 0.5) is 4.79 Å². The molecule has 2 amide bonds. The molecule has 6 heteroatoms. The molecule has 23 heavy (non-hydrogen) atoms. The van der Waals surface area contributed by atoms with Gasteiger partial charge >= 0.3 is 6.03 Å². The van der Waals surface area contributed by atoms with Crippen molar-refractivity contribution in [2.24, 2.45) is 0 Å². The number of aromatic nitrogens is 1. The van der Waals surface area contributed by atoms with Crippen LogP contribution >= 0.6 is 11.3 Å². The summed E-state index contributed by atoms with van der Waals surface area (Å²) < 4.78 is 0. The average Bonchev–Trinajstić information content (AvgIpc) is 3.02. The molecule has 0 spiro atoms. The number of aryl methyl sites for hydroxylation is 1. The summed E-state index contributed by atoms with van der Waals surface area (Å²) in [6.45, 7) is 4.51. The Bertz CT molecular complexity index is 702. The van der Waals surface area contributed by atoms with Gasteiger partial charge in [0.05, 0.1) is 24.2 Å². The molecule has 120 valence electrons. The maximum Gasteiger partial charge on any atom is 0.317 e. The first-order chi connectivity index (χ1) is 11.0. The molecule has 0 unspecified atom stereocenters. The molecular weight excluding hydrogens is 308 g/mol. The second kappa shape index (κ2) is 7.75. The average molecular weight is 328 g/mol. The van der Waals surface area contributed by atoms with Crippen LogP contribution in [0.2, 0.25) is 0 Å². The lowest BCUT2D eigenvalue weighted by Gasteiger charge is -2.21. The van der Waals surface area contributed by atoms with Crippen LogP contribution in [-0.4, -0.2) is 23.0 Å². The monoisotopic (exact) mass is 328 g/mol. The number of benzene rings is 1. The van der Waals surface area contributed by atoms with E-state index in [0.29, 0.717) is 12.1 Å². The highest BCUT2D eigenvalue weighted by Crippen LogP contribution is 2.16. The number of hydrogen-bond donors (Lipinski definition) is 1. The highest BCUT2D eigenvalue weighted by molar-refractivity contribution is 7.11. The number of rotatable bonds is 5. The molecule has 0 aliphatic carbocycles. The Morgan fingerprint density at radius 1 is 1.43 bits per heavy atom. The second-order valence-corrected chi connectivity index (χ2v) is 6.53. The van der Waals surface area contributed by atoms with Crippen molar-refractivity contribution in [1.82, 2.24) is 15.2 Å². The lowest BCUT2D eigenvalue weighted by atomic mass is 10.1. The minimum atomic E-state index is -0.143. The van der Waals surface area contributed by atoms with Crippen molar-refractivity contribution in [3.8, 4) is 6.07 Å². The van der Waals surface area contributed by atoms with Crippen molar-refractivity contribution in [3.63, 3.8) is 0 Å². The van der Waals surface area contributed by atoms with Crippen LogP contribution in [0.5, 0.6) is 0 Å². The summed E-state index contributed by atoms with van der Waals surface area (Å²) in [6.07, 6.45) is 2.83. The van der Waals surface area contributed by atoms with Crippen molar-refractivity contribution < 1.29 is 4.79 Å². The third-order valence-corrected chi connectivity index (χ3v) is 4.68. The van der Waals surface area contributed by atoms with E-state index >= 15 is 0 Å². The van der Waals surface area contributed by atoms with Crippen molar-refractivity contribution in [2.75, 3.05) is 7.05 Å². The molecule has 0 bridgehead atoms. The Morgan fingerprint density at radius 3 is 2.70 bits per heavy atom. The Balaban J connectivity index is 1.92. The molecule has 1 atom stereocenters. The van der Waals surface area contributed by atoms with E-state index in [1.54, 1.807) is 35.4 Å². The van der Waals surface area contributed by atoms with E-state index in [4.69, 9.17) is 5.26 Å². The lowest BCUT2D eigenvalue weighted by molar-refractivity contribution is 0.203. The number of nitrogens with one attached hydrogen (secondary N) is 1. The van der Waals surface area contributed by atoms with Gasteiger partial charge in [-0.1, -0.05) is 19.1 Å². The summed E-state index contributed by atoms with van der Waals surface area (Å²) in [5, 5.41) is 12.7. The zero-order valence-corrected chi connectivity index (χ0v) is 14.4. The van der Waals surface area contributed by atoms with E-state index in [2.05, 4.69) is 23.3 Å². The third-order valence-electron chi connectivity index (χ3n) is 3.55. The SMILES string of the molecule is CCc1cnc(CN(C)C(=O)N[C@H](C)c2ccc(C#N)cc2)s1. The Hall–Kier alpha value is -2.39. The van der Waals surface area contributed by atoms with Gasteiger partial charge in [-0.15, -0.1) is 11.3 Å². The summed E-state index contributed by atoms with van der Waals surface area (Å²) in [6, 6.07) is 9.04. The van der Waals surface area contributed by atoms with Gasteiger partial charge in [0.25, 0.3) is 0 Å². The smallest absolute Gasteiger partial charge is 0.317 e. The number of carbonyl (C=O) groups is 1. The number of nitrogens with zero attached hydrogens (tertiary/aromatic N) is 3. The van der Waals surface area contributed by atoms with Gasteiger partial charge in [0.2, 0.25) is 0 Å². The van der Waals surface area contributed by atoms with E-state index in [0.717, 1.165) is 17.0 Å². The first-order valence-electron chi connectivity index (χ1n) is 7.48. The van der Waals surface area contributed by atoms with Crippen LogP contribution in [0, 0.1) is 11.3 Å². The predicted molar refractivity (Wildman–Crippen MR) is 91.1 cm³/mol. The maximum atomic E-state index is 12.3. The van der Waals surface area contributed by atoms with Crippen LogP contribution in [0.3, 0.4) is 0 Å². The predicted octanol–water partition coefficient (Wildman–Crippen LogP) is 3.48. The molecule has 0 fully saturated rings. The Labute approximate surface area is 140 Å². The van der Waals surface area contributed by atoms with Gasteiger partial charge in [-0.05, 0) is 31.0 Å². The molecule has 2 rings (SSSR count). The zero-order chi connectivity index (χ0) is 16.8. The first-order valence-corrected chi connectivity index (χ1v) is 8.30. The van der Waals surface area contributed by atoms with Crippen molar-refractivity contribution >= 4 is 17.4 Å². The molecule has 0 aliphatic heterocycles. The molecule has 0 saturated carbocycles. The van der Waals surface area contributed by atoms with Gasteiger partial charge in [-0.3, -0.25) is 0 Å². The normalized spacial score (nSPS) is 11.6. The molecule has 1 aromatic heterocycles. The fourth-order valence-corrected chi connectivity index (χ4v) is 3.00. The summed E-state index contributed by atoms with van der Waals surface area (Å²) in [4.78, 5) is 19.4. The summed E-state index contributed by atoms with van der Waals surface area (Å²) in [7, 11) is 1.76. The van der Waals surface area contributed by atoms with Crippen LogP contribution in [-0.2, 0) is 13.0 Å². The second-order valence-electron chi connectivity index (χ2n) is 5.33. The fraction of sp³-hybridized carbons (Fsp3) is 0.353. The number of urea groups is 1. The van der Waals surface area contributed by atoms with E-state index in [1.807, 2.05) is 25.3 Å². The topological polar surface area (TPSA) is 69.0 Å². The van der Waals surface area contributed by atoms with Gasteiger partial charge < -0.3 is 10.2 Å². The van der Waals surface area contributed by atoms with Gasteiger partial charge in [-0.25, -0.2) is 9.78 Å². The number of carbonyl (C=O) groups excluding carboxylic acids is 1. The summed E-state index contributed by atoms with van der Waals surface area (Å²) in [5.41, 5.74) is 1.58. The van der Waals surface area contributed by atoms with Crippen LogP contribution in [0.25, 0.3) is 0 Å². The number of nitriles is 1. The molecule has 2 aromatic rings. The lowest BCUT2D eigenvalue weighted by Crippen LogP contribution is -2.38. The van der Waals surface area contributed by atoms with Gasteiger partial charge in [0, 0.05) is 18.1 Å². The summed E-state index contributed by atoms with van der Waals surface area (Å²) >= 11 is 1.63. The highest BCUT2D eigenvalue weighted by atomic mass is 32.1. The van der Waals surface area contributed by atoms with Gasteiger partial charge in [0.1, 0.15) is 5.01 Å². The molecule has 1 N–H and O–H groups in total. The largest absolute Gasteiger partial charge is 0.331 e. The van der Waals surface area contributed by atoms with Gasteiger partial charge in [0.15, 0.2) is 0 Å². The molecule has 0 radical (unpaired) electrons. The van der Waals surface area contributed by atoms with E-state index in [-0.39, 0.29) is 12.1 Å². The molecular formula is C17H20N4OS. The van der Waals surface area contributed by atoms with E-state index in [9.17, 15) is 4.79 Å². The molecule has 5 nitrogen and oxygen atoms in total. The molecule has 0 saturated heterocycles. The van der Waals surface area contributed by atoms with E-state index in [1.165, 1.54) is 4.88 Å². The third kappa shape index (κ3) is 4.54. The number of thiazole rings is 1. The van der Waals surface area contributed by atoms with Crippen molar-refractivity contribution in [2.45, 2.75) is 32.9 Å². The highest BCUT2D eigenvalue weighted by Gasteiger charge is 2.15. The zero-order valence-electron chi connectivity index (χ0n) is 13.5. The Kier molecular flexibility index (Phi) is 5.72. The quantitative estimate of drug-likeness (QED) is 0.913. The fourth-order valence-electron chi connectivity index (χ4n) is 2.08. The number of hydrogen-bond acceptors (Lipinski definition) is 4. The molecule has 0 aliphatic rings. The van der Waals surface area contributed by atoms with Gasteiger partial charge in [-0.2, -0.15) is 5.26 Å². The van der Waals surface area contributed by atoms with Crippen LogP contribution in [0.15, 0.2) is 30.5 Å². The summed E-state index contributed by atoms with van der Waals surface area (Å²) in [5.74, 6) is 0.